The molecule has 2 aromatic heterocycles. The summed E-state index contributed by atoms with van der Waals surface area (Å²) in [5.74, 6) is 0.625. The van der Waals surface area contributed by atoms with E-state index in [0.717, 1.165) is 22.7 Å². The van der Waals surface area contributed by atoms with Gasteiger partial charge in [-0.1, -0.05) is 6.07 Å². The van der Waals surface area contributed by atoms with Crippen LogP contribution in [0, 0.1) is 6.92 Å². The highest BCUT2D eigenvalue weighted by Crippen LogP contribution is 2.40. The summed E-state index contributed by atoms with van der Waals surface area (Å²) in [6.07, 6.45) is 0.758. The Hall–Kier alpha value is -3.67. The number of urea groups is 1. The first-order valence-corrected chi connectivity index (χ1v) is 14.6. The van der Waals surface area contributed by atoms with Crippen LogP contribution in [0.1, 0.15) is 27.1 Å². The number of aryl methyl sites for hydroxylation is 1. The normalized spacial score (nSPS) is 15.4. The maximum atomic E-state index is 12.8. The van der Waals surface area contributed by atoms with Crippen LogP contribution in [-0.4, -0.2) is 27.3 Å². The molecule has 11 heteroatoms. The van der Waals surface area contributed by atoms with Crippen LogP contribution in [0.15, 0.2) is 88.2 Å². The molecule has 2 N–H and O–H groups in total. The summed E-state index contributed by atoms with van der Waals surface area (Å²) in [5.41, 5.74) is 2.20. The molecule has 0 saturated carbocycles. The van der Waals surface area contributed by atoms with E-state index in [2.05, 4.69) is 35.2 Å². The second kappa shape index (κ2) is 10.4. The Labute approximate surface area is 223 Å². The number of hydrazone groups is 1. The van der Waals surface area contributed by atoms with Gasteiger partial charge in [0.2, 0.25) is 0 Å². The minimum atomic E-state index is -4.08. The molecule has 1 aliphatic rings. The van der Waals surface area contributed by atoms with Gasteiger partial charge in [0.05, 0.1) is 34.3 Å². The van der Waals surface area contributed by atoms with E-state index in [9.17, 15) is 13.2 Å². The van der Waals surface area contributed by atoms with Gasteiger partial charge in [-0.25, -0.2) is 17.9 Å². The van der Waals surface area contributed by atoms with Gasteiger partial charge in [0.25, 0.3) is 10.0 Å². The van der Waals surface area contributed by atoms with Crippen LogP contribution < -0.4 is 19.8 Å². The van der Waals surface area contributed by atoms with Crippen molar-refractivity contribution in [2.75, 3.05) is 17.4 Å². The Morgan fingerprint density at radius 3 is 2.43 bits per heavy atom. The lowest BCUT2D eigenvalue weighted by Gasteiger charge is -2.23. The van der Waals surface area contributed by atoms with Crippen molar-refractivity contribution in [2.45, 2.75) is 24.3 Å². The zero-order valence-electron chi connectivity index (χ0n) is 20.0. The summed E-state index contributed by atoms with van der Waals surface area (Å²) in [5, 5.41) is 11.4. The van der Waals surface area contributed by atoms with Crippen LogP contribution in [0.25, 0.3) is 0 Å². The van der Waals surface area contributed by atoms with Crippen molar-refractivity contribution in [2.24, 2.45) is 5.10 Å². The summed E-state index contributed by atoms with van der Waals surface area (Å²) in [7, 11) is -2.54. The zero-order chi connectivity index (χ0) is 26.0. The van der Waals surface area contributed by atoms with Gasteiger partial charge in [-0.3, -0.25) is 5.01 Å². The van der Waals surface area contributed by atoms with Gasteiger partial charge < -0.3 is 10.1 Å². The molecule has 4 aromatic rings. The number of thiophene rings is 2. The fourth-order valence-corrected chi connectivity index (χ4v) is 6.58. The molecule has 1 atom stereocenters. The fourth-order valence-electron chi connectivity index (χ4n) is 3.98. The quantitative estimate of drug-likeness (QED) is 0.293. The highest BCUT2D eigenvalue weighted by Gasteiger charge is 2.31. The molecule has 2 aromatic carbocycles. The molecular formula is C26H24N4O4S3. The molecule has 0 aliphatic carbocycles. The van der Waals surface area contributed by atoms with Crippen molar-refractivity contribution in [3.8, 4) is 5.75 Å². The van der Waals surface area contributed by atoms with Gasteiger partial charge in [0, 0.05) is 21.9 Å². The number of methoxy groups -OCH3 is 1. The number of amides is 2. The topological polar surface area (TPSA) is 100 Å². The molecular weight excluding hydrogens is 529 g/mol. The monoisotopic (exact) mass is 552 g/mol. The Morgan fingerprint density at radius 1 is 1.05 bits per heavy atom. The number of rotatable bonds is 7. The first kappa shape index (κ1) is 25.0. The van der Waals surface area contributed by atoms with Gasteiger partial charge in [0.1, 0.15) is 5.75 Å². The van der Waals surface area contributed by atoms with E-state index < -0.39 is 16.1 Å². The lowest BCUT2D eigenvalue weighted by Crippen LogP contribution is -2.34. The van der Waals surface area contributed by atoms with Gasteiger partial charge >= 0.3 is 6.03 Å². The lowest BCUT2D eigenvalue weighted by molar-refractivity contribution is 0.256. The number of ether oxygens (including phenoxy) is 1. The van der Waals surface area contributed by atoms with Crippen LogP contribution >= 0.6 is 22.7 Å². The van der Waals surface area contributed by atoms with E-state index in [0.29, 0.717) is 11.4 Å². The van der Waals surface area contributed by atoms with Gasteiger partial charge in [-0.15, -0.1) is 22.7 Å². The van der Waals surface area contributed by atoms with Gasteiger partial charge in [-0.05, 0) is 79.0 Å². The van der Waals surface area contributed by atoms with E-state index in [-0.39, 0.29) is 10.9 Å². The smallest absolute Gasteiger partial charge is 0.333 e. The van der Waals surface area contributed by atoms with Gasteiger partial charge in [-0.2, -0.15) is 5.10 Å². The number of anilines is 2. The molecule has 0 saturated heterocycles. The maximum Gasteiger partial charge on any atom is 0.333 e. The van der Waals surface area contributed by atoms with Crippen LogP contribution in [0.4, 0.5) is 16.2 Å². The maximum absolute atomic E-state index is 12.8. The molecule has 0 bridgehead atoms. The van der Waals surface area contributed by atoms with Crippen molar-refractivity contribution >= 4 is 55.8 Å². The molecule has 8 nitrogen and oxygen atoms in total. The molecule has 37 heavy (non-hydrogen) atoms. The van der Waals surface area contributed by atoms with Crippen molar-refractivity contribution in [3.05, 3.63) is 92.8 Å². The summed E-state index contributed by atoms with van der Waals surface area (Å²) in [6.45, 7) is 2.08. The Kier molecular flexibility index (Phi) is 7.00. The minimum Gasteiger partial charge on any atom is -0.497 e. The van der Waals surface area contributed by atoms with E-state index in [1.165, 1.54) is 29.0 Å². The first-order chi connectivity index (χ1) is 17.8. The molecule has 3 heterocycles. The fraction of sp³-hybridized carbons (Fsp3) is 0.154. The highest BCUT2D eigenvalue weighted by atomic mass is 32.2. The van der Waals surface area contributed by atoms with E-state index in [1.54, 1.807) is 59.1 Å². The molecule has 0 spiro atoms. The van der Waals surface area contributed by atoms with Crippen molar-refractivity contribution < 1.29 is 17.9 Å². The highest BCUT2D eigenvalue weighted by molar-refractivity contribution is 7.90. The SMILES string of the molecule is COc1ccc(NC(=O)NS(=O)(=O)c2ccc(N3N=C(c4cccs4)CC3c3ccc(C)s3)cc2)cc1. The molecule has 0 fully saturated rings. The Morgan fingerprint density at radius 2 is 1.81 bits per heavy atom. The summed E-state index contributed by atoms with van der Waals surface area (Å²) >= 11 is 3.38. The minimum absolute atomic E-state index is 0.0201. The number of sulfonamides is 1. The molecule has 1 unspecified atom stereocenters. The first-order valence-electron chi connectivity index (χ1n) is 11.4. The van der Waals surface area contributed by atoms with E-state index in [1.807, 2.05) is 16.5 Å². The standard InChI is InChI=1S/C26H24N4O4S3/c1-17-5-14-25(36-17)23-16-22(24-4-3-15-35-24)28-30(23)19-8-12-21(13-9-19)37(32,33)29-26(31)27-18-6-10-20(34-2)11-7-18/h3-15,23H,16H2,1-2H3,(H2,27,29,31). The molecule has 190 valence electrons. The van der Waals surface area contributed by atoms with Crippen LogP contribution in [0.5, 0.6) is 5.75 Å². The van der Waals surface area contributed by atoms with Crippen molar-refractivity contribution in [1.29, 1.82) is 0 Å². The second-order valence-corrected chi connectivity index (χ2v) is 12.3. The van der Waals surface area contributed by atoms with Gasteiger partial charge in [0.15, 0.2) is 0 Å². The summed E-state index contributed by atoms with van der Waals surface area (Å²) < 4.78 is 32.8. The lowest BCUT2D eigenvalue weighted by atomic mass is 10.1. The van der Waals surface area contributed by atoms with E-state index >= 15 is 0 Å². The number of carbonyl (C=O) groups excluding carboxylic acids is 1. The number of carbonyl (C=O) groups is 1. The predicted molar refractivity (Wildman–Crippen MR) is 149 cm³/mol. The average Bonchev–Trinajstić information content (AvgIpc) is 3.65. The van der Waals surface area contributed by atoms with E-state index in [4.69, 9.17) is 9.84 Å². The summed E-state index contributed by atoms with van der Waals surface area (Å²) in [6, 6.07) is 20.4. The Bertz CT molecular complexity index is 1530. The molecule has 1 aliphatic heterocycles. The largest absolute Gasteiger partial charge is 0.497 e. The van der Waals surface area contributed by atoms with Crippen LogP contribution in [-0.2, 0) is 10.0 Å². The average molecular weight is 553 g/mol. The molecule has 5 rings (SSSR count). The third-order valence-electron chi connectivity index (χ3n) is 5.79. The van der Waals surface area contributed by atoms with Crippen LogP contribution in [0.3, 0.4) is 0 Å². The Balaban J connectivity index is 1.34. The van der Waals surface area contributed by atoms with Crippen molar-refractivity contribution in [1.82, 2.24) is 4.72 Å². The number of nitrogens with zero attached hydrogens (tertiary/aromatic N) is 2. The molecule has 2 amide bonds. The second-order valence-electron chi connectivity index (χ2n) is 8.32. The van der Waals surface area contributed by atoms with Crippen LogP contribution in [0.2, 0.25) is 0 Å². The number of benzene rings is 2. The predicted octanol–water partition coefficient (Wildman–Crippen LogP) is 5.99. The molecule has 0 radical (unpaired) electrons. The third kappa shape index (κ3) is 5.53. The number of hydrogen-bond acceptors (Lipinski definition) is 8. The third-order valence-corrected chi connectivity index (χ3v) is 9.16. The summed E-state index contributed by atoms with van der Waals surface area (Å²) in [4.78, 5) is 15.8. The number of nitrogens with one attached hydrogen (secondary N) is 2. The number of hydrogen-bond donors (Lipinski definition) is 2. The van der Waals surface area contributed by atoms with Crippen molar-refractivity contribution in [3.63, 3.8) is 0 Å². The zero-order valence-corrected chi connectivity index (χ0v) is 22.5.